The van der Waals surface area contributed by atoms with Crippen LogP contribution in [0.1, 0.15) is 21.7 Å². The van der Waals surface area contributed by atoms with Crippen molar-refractivity contribution in [2.75, 3.05) is 0 Å². The second kappa shape index (κ2) is 5.35. The number of aryl methyl sites for hydroxylation is 1. The molecular weight excluding hydrogens is 301 g/mol. The van der Waals surface area contributed by atoms with Crippen LogP contribution in [0.3, 0.4) is 0 Å². The lowest BCUT2D eigenvalue weighted by Crippen LogP contribution is -2.27. The first-order valence-corrected chi connectivity index (χ1v) is 6.93. The van der Waals surface area contributed by atoms with E-state index in [1.54, 1.807) is 24.0 Å². The lowest BCUT2D eigenvalue weighted by Gasteiger charge is -2.14. The summed E-state index contributed by atoms with van der Waals surface area (Å²) in [6, 6.07) is 5.71. The number of carboxylic acid groups (broad SMARTS) is 1. The predicted molar refractivity (Wildman–Crippen MR) is 82.2 cm³/mol. The number of nitrogens with zero attached hydrogens (tertiary/aromatic N) is 3. The normalized spacial score (nSPS) is 11.1. The van der Waals surface area contributed by atoms with Crippen LogP contribution in [0.5, 0.6) is 0 Å². The molecule has 2 heterocycles. The Morgan fingerprint density at radius 2 is 2.09 bits per heavy atom. The van der Waals surface area contributed by atoms with E-state index in [1.807, 2.05) is 0 Å². The SMILES string of the molecule is Cc1c(C(=O)O)c2cccc(F)c2c(=O)n1Cc1ccn(C)n1. The van der Waals surface area contributed by atoms with E-state index in [0.717, 1.165) is 6.07 Å². The summed E-state index contributed by atoms with van der Waals surface area (Å²) in [6.45, 7) is 1.62. The minimum absolute atomic E-state index is 0.0740. The summed E-state index contributed by atoms with van der Waals surface area (Å²) in [4.78, 5) is 24.3. The van der Waals surface area contributed by atoms with E-state index >= 15 is 0 Å². The summed E-state index contributed by atoms with van der Waals surface area (Å²) in [5.41, 5.74) is 0.220. The van der Waals surface area contributed by atoms with Crippen molar-refractivity contribution < 1.29 is 14.3 Å². The molecule has 6 nitrogen and oxygen atoms in total. The highest BCUT2D eigenvalue weighted by molar-refractivity contribution is 6.04. The van der Waals surface area contributed by atoms with Gasteiger partial charge >= 0.3 is 5.97 Å². The third-order valence-corrected chi connectivity index (χ3v) is 3.81. The molecule has 1 aromatic carbocycles. The third kappa shape index (κ3) is 2.40. The van der Waals surface area contributed by atoms with Crippen LogP contribution in [0.2, 0.25) is 0 Å². The molecule has 118 valence electrons. The molecule has 3 rings (SSSR count). The van der Waals surface area contributed by atoms with Gasteiger partial charge in [-0.3, -0.25) is 9.48 Å². The van der Waals surface area contributed by atoms with E-state index in [0.29, 0.717) is 5.69 Å². The minimum atomic E-state index is -1.20. The van der Waals surface area contributed by atoms with Gasteiger partial charge < -0.3 is 9.67 Å². The van der Waals surface area contributed by atoms with Crippen LogP contribution < -0.4 is 5.56 Å². The molecule has 0 bridgehead atoms. The molecule has 0 radical (unpaired) electrons. The van der Waals surface area contributed by atoms with Crippen molar-refractivity contribution in [1.29, 1.82) is 0 Å². The molecule has 2 aromatic heterocycles. The van der Waals surface area contributed by atoms with Gasteiger partial charge in [0.05, 0.1) is 23.2 Å². The van der Waals surface area contributed by atoms with Gasteiger partial charge in [-0.15, -0.1) is 0 Å². The van der Waals surface area contributed by atoms with Gasteiger partial charge in [0, 0.05) is 24.3 Å². The predicted octanol–water partition coefficient (Wildman–Crippen LogP) is 1.93. The summed E-state index contributed by atoms with van der Waals surface area (Å²) in [5.74, 6) is -1.93. The van der Waals surface area contributed by atoms with E-state index in [2.05, 4.69) is 5.10 Å². The smallest absolute Gasteiger partial charge is 0.338 e. The maximum Gasteiger partial charge on any atom is 0.338 e. The largest absolute Gasteiger partial charge is 0.478 e. The van der Waals surface area contributed by atoms with Gasteiger partial charge in [-0.25, -0.2) is 9.18 Å². The van der Waals surface area contributed by atoms with Crippen LogP contribution in [-0.2, 0) is 13.6 Å². The Bertz CT molecular complexity index is 988. The second-order valence-electron chi connectivity index (χ2n) is 5.30. The van der Waals surface area contributed by atoms with Crippen LogP contribution in [0.15, 0.2) is 35.3 Å². The van der Waals surface area contributed by atoms with E-state index in [9.17, 15) is 19.1 Å². The Kier molecular flexibility index (Phi) is 3.48. The Morgan fingerprint density at radius 1 is 1.35 bits per heavy atom. The molecule has 0 aliphatic rings. The van der Waals surface area contributed by atoms with Crippen molar-refractivity contribution >= 4 is 16.7 Å². The van der Waals surface area contributed by atoms with Crippen molar-refractivity contribution in [3.63, 3.8) is 0 Å². The van der Waals surface area contributed by atoms with Crippen LogP contribution in [0, 0.1) is 12.7 Å². The van der Waals surface area contributed by atoms with E-state index < -0.39 is 17.3 Å². The highest BCUT2D eigenvalue weighted by Crippen LogP contribution is 2.22. The zero-order valence-electron chi connectivity index (χ0n) is 12.6. The fourth-order valence-corrected chi connectivity index (χ4v) is 2.74. The van der Waals surface area contributed by atoms with Crippen molar-refractivity contribution in [3.8, 4) is 0 Å². The number of hydrogen-bond donors (Lipinski definition) is 1. The molecule has 0 amide bonds. The number of benzene rings is 1. The molecule has 0 atom stereocenters. The average Bonchev–Trinajstić information content (AvgIpc) is 2.88. The van der Waals surface area contributed by atoms with Gasteiger partial charge in [-0.2, -0.15) is 5.10 Å². The number of halogens is 1. The summed E-state index contributed by atoms with van der Waals surface area (Å²) in [5, 5.41) is 13.6. The molecule has 3 aromatic rings. The lowest BCUT2D eigenvalue weighted by molar-refractivity contribution is 0.0697. The molecule has 0 unspecified atom stereocenters. The summed E-state index contributed by atoms with van der Waals surface area (Å²) >= 11 is 0. The number of rotatable bonds is 3. The van der Waals surface area contributed by atoms with Gasteiger partial charge in [-0.05, 0) is 19.1 Å². The van der Waals surface area contributed by atoms with Crippen molar-refractivity contribution in [2.24, 2.45) is 7.05 Å². The molecule has 1 N–H and O–H groups in total. The molecule has 0 aliphatic heterocycles. The van der Waals surface area contributed by atoms with Crippen LogP contribution in [-0.4, -0.2) is 25.4 Å². The molecule has 0 fully saturated rings. The van der Waals surface area contributed by atoms with E-state index in [-0.39, 0.29) is 28.6 Å². The number of carboxylic acids is 1. The lowest BCUT2D eigenvalue weighted by atomic mass is 10.0. The number of carbonyl (C=O) groups is 1. The van der Waals surface area contributed by atoms with Gasteiger partial charge in [0.25, 0.3) is 5.56 Å². The number of hydrogen-bond acceptors (Lipinski definition) is 3. The average molecular weight is 315 g/mol. The van der Waals surface area contributed by atoms with Crippen molar-refractivity contribution in [1.82, 2.24) is 14.3 Å². The monoisotopic (exact) mass is 315 g/mol. The molecule has 0 saturated carbocycles. The maximum atomic E-state index is 14.1. The van der Waals surface area contributed by atoms with Crippen LogP contribution >= 0.6 is 0 Å². The van der Waals surface area contributed by atoms with Gasteiger partial charge in [-0.1, -0.05) is 12.1 Å². The quantitative estimate of drug-likeness (QED) is 0.801. The fraction of sp³-hybridized carbons (Fsp3) is 0.188. The Hall–Kier alpha value is -2.96. The van der Waals surface area contributed by atoms with Gasteiger partial charge in [0.2, 0.25) is 0 Å². The first kappa shape index (κ1) is 15.0. The summed E-state index contributed by atoms with van der Waals surface area (Å²) < 4.78 is 16.9. The molecule has 23 heavy (non-hydrogen) atoms. The van der Waals surface area contributed by atoms with Crippen molar-refractivity contribution in [2.45, 2.75) is 13.5 Å². The molecular formula is C16H14FN3O3. The van der Waals surface area contributed by atoms with E-state index in [4.69, 9.17) is 0 Å². The molecule has 0 aliphatic carbocycles. The highest BCUT2D eigenvalue weighted by atomic mass is 19.1. The molecule has 0 saturated heterocycles. The van der Waals surface area contributed by atoms with Crippen LogP contribution in [0.4, 0.5) is 4.39 Å². The number of fused-ring (bicyclic) bond motifs is 1. The second-order valence-corrected chi connectivity index (χ2v) is 5.30. The molecule has 0 spiro atoms. The summed E-state index contributed by atoms with van der Waals surface area (Å²) in [6.07, 6.45) is 1.72. The van der Waals surface area contributed by atoms with E-state index in [1.165, 1.54) is 23.6 Å². The standard InChI is InChI=1S/C16H14FN3O3/c1-9-13(16(22)23)11-4-3-5-12(17)14(11)15(21)20(9)8-10-6-7-19(2)18-10/h3-7H,8H2,1-2H3,(H,22,23). The number of aromatic carboxylic acids is 1. The zero-order valence-corrected chi connectivity index (χ0v) is 12.6. The zero-order chi connectivity index (χ0) is 16.7. The maximum absolute atomic E-state index is 14.1. The van der Waals surface area contributed by atoms with Crippen molar-refractivity contribution in [3.05, 3.63) is 63.6 Å². The first-order chi connectivity index (χ1) is 10.9. The minimum Gasteiger partial charge on any atom is -0.478 e. The number of pyridine rings is 1. The molecule has 7 heteroatoms. The third-order valence-electron chi connectivity index (χ3n) is 3.81. The first-order valence-electron chi connectivity index (χ1n) is 6.93. The fourth-order valence-electron chi connectivity index (χ4n) is 2.74. The summed E-state index contributed by atoms with van der Waals surface area (Å²) in [7, 11) is 1.74. The van der Waals surface area contributed by atoms with Crippen LogP contribution in [0.25, 0.3) is 10.8 Å². The van der Waals surface area contributed by atoms with Gasteiger partial charge in [0.1, 0.15) is 5.82 Å². The Morgan fingerprint density at radius 3 is 2.70 bits per heavy atom. The Balaban J connectivity index is 2.35. The Labute approximate surface area is 130 Å². The number of aromatic nitrogens is 3. The van der Waals surface area contributed by atoms with Gasteiger partial charge in [0.15, 0.2) is 0 Å². The topological polar surface area (TPSA) is 77.1 Å². The highest BCUT2D eigenvalue weighted by Gasteiger charge is 2.21.